The van der Waals surface area contributed by atoms with Gasteiger partial charge in [0.15, 0.2) is 0 Å². The van der Waals surface area contributed by atoms with Gasteiger partial charge in [-0.25, -0.2) is 0 Å². The molecule has 0 saturated carbocycles. The third-order valence-corrected chi connectivity index (χ3v) is 3.07. The van der Waals surface area contributed by atoms with Crippen LogP contribution in [-0.2, 0) is 0 Å². The normalized spacial score (nSPS) is 30.0. The second-order valence-electron chi connectivity index (χ2n) is 4.57. The first kappa shape index (κ1) is 9.45. The Labute approximate surface area is 85.9 Å². The van der Waals surface area contributed by atoms with E-state index in [9.17, 15) is 0 Å². The summed E-state index contributed by atoms with van der Waals surface area (Å²) in [6.07, 6.45) is 11.8. The first-order valence-electron chi connectivity index (χ1n) is 5.26. The molecule has 74 valence electrons. The summed E-state index contributed by atoms with van der Waals surface area (Å²) in [5, 5.41) is 0. The lowest BCUT2D eigenvalue weighted by molar-refractivity contribution is 0.557. The summed E-state index contributed by atoms with van der Waals surface area (Å²) in [5.74, 6) is 0.617. The number of aliphatic imine (C=N–C) groups is 1. The maximum atomic E-state index is 4.55. The third-order valence-electron chi connectivity index (χ3n) is 3.07. The summed E-state index contributed by atoms with van der Waals surface area (Å²) < 4.78 is 0. The van der Waals surface area contributed by atoms with Gasteiger partial charge in [0.05, 0.1) is 5.54 Å². The quantitative estimate of drug-likeness (QED) is 0.597. The molecule has 0 aromatic rings. The van der Waals surface area contributed by atoms with E-state index in [1.807, 2.05) is 12.3 Å². The molecule has 0 bridgehead atoms. The van der Waals surface area contributed by atoms with Gasteiger partial charge in [0.25, 0.3) is 0 Å². The Morgan fingerprint density at radius 2 is 2.21 bits per heavy atom. The molecule has 1 heterocycles. The van der Waals surface area contributed by atoms with Crippen LogP contribution < -0.4 is 0 Å². The minimum atomic E-state index is 0.00708. The lowest BCUT2D eigenvalue weighted by Gasteiger charge is -2.31. The second kappa shape index (κ2) is 3.23. The minimum absolute atomic E-state index is 0.00708. The summed E-state index contributed by atoms with van der Waals surface area (Å²) in [6.45, 7) is 6.68. The van der Waals surface area contributed by atoms with Crippen molar-refractivity contribution in [2.24, 2.45) is 10.9 Å². The summed E-state index contributed by atoms with van der Waals surface area (Å²) in [5.41, 5.74) is 2.80. The zero-order chi connectivity index (χ0) is 10.2. The zero-order valence-corrected chi connectivity index (χ0v) is 9.12. The first-order chi connectivity index (χ1) is 6.62. The van der Waals surface area contributed by atoms with Crippen LogP contribution in [0.1, 0.15) is 27.2 Å². The molecular weight excluding hydrogens is 170 g/mol. The van der Waals surface area contributed by atoms with Gasteiger partial charge in [-0.2, -0.15) is 0 Å². The fraction of sp³-hybridized carbons (Fsp3) is 0.462. The average Bonchev–Trinajstić information content (AvgIpc) is 2.16. The fourth-order valence-corrected chi connectivity index (χ4v) is 1.94. The Morgan fingerprint density at radius 1 is 1.43 bits per heavy atom. The van der Waals surface area contributed by atoms with Crippen LogP contribution in [-0.4, -0.2) is 11.8 Å². The van der Waals surface area contributed by atoms with Crippen molar-refractivity contribution < 1.29 is 0 Å². The highest BCUT2D eigenvalue weighted by Gasteiger charge is 2.29. The second-order valence-corrected chi connectivity index (χ2v) is 4.57. The minimum Gasteiger partial charge on any atom is -0.282 e. The molecule has 0 aromatic heterocycles. The first-order valence-corrected chi connectivity index (χ1v) is 5.26. The Morgan fingerprint density at radius 3 is 2.93 bits per heavy atom. The highest BCUT2D eigenvalue weighted by atomic mass is 14.8. The molecule has 0 N–H and O–H groups in total. The predicted molar refractivity (Wildman–Crippen MR) is 61.7 cm³/mol. The van der Waals surface area contributed by atoms with Crippen LogP contribution in [0.3, 0.4) is 0 Å². The monoisotopic (exact) mass is 187 g/mol. The van der Waals surface area contributed by atoms with Gasteiger partial charge in [-0.1, -0.05) is 32.1 Å². The highest BCUT2D eigenvalue weighted by Crippen LogP contribution is 2.35. The molecule has 0 saturated heterocycles. The Hall–Kier alpha value is -1.11. The summed E-state index contributed by atoms with van der Waals surface area (Å²) >= 11 is 0. The van der Waals surface area contributed by atoms with E-state index in [1.54, 1.807) is 0 Å². The molecule has 0 fully saturated rings. The van der Waals surface area contributed by atoms with Crippen molar-refractivity contribution in [1.29, 1.82) is 0 Å². The molecule has 1 aliphatic heterocycles. The summed E-state index contributed by atoms with van der Waals surface area (Å²) in [4.78, 5) is 4.55. The van der Waals surface area contributed by atoms with E-state index >= 15 is 0 Å². The number of rotatable bonds is 1. The molecule has 1 heteroatoms. The van der Waals surface area contributed by atoms with E-state index in [2.05, 4.69) is 44.0 Å². The van der Waals surface area contributed by atoms with Gasteiger partial charge in [0.1, 0.15) is 0 Å². The molecule has 1 unspecified atom stereocenters. The van der Waals surface area contributed by atoms with Crippen molar-refractivity contribution in [3.05, 3.63) is 35.5 Å². The lowest BCUT2D eigenvalue weighted by atomic mass is 9.79. The van der Waals surface area contributed by atoms with Gasteiger partial charge in [0, 0.05) is 6.21 Å². The lowest BCUT2D eigenvalue weighted by Crippen LogP contribution is -2.28. The van der Waals surface area contributed by atoms with E-state index in [1.165, 1.54) is 11.1 Å². The Bertz CT molecular complexity index is 355. The SMILES string of the molecule is CC(C)C1=CCC2(C)N=CC=CC2=C1. The van der Waals surface area contributed by atoms with Crippen molar-refractivity contribution in [3.8, 4) is 0 Å². The molecular formula is C13H17N. The Balaban J connectivity index is 2.35. The van der Waals surface area contributed by atoms with Gasteiger partial charge in [-0.3, -0.25) is 4.99 Å². The van der Waals surface area contributed by atoms with Crippen molar-refractivity contribution >= 4 is 6.21 Å². The molecule has 1 aliphatic carbocycles. The van der Waals surface area contributed by atoms with Crippen LogP contribution in [0, 0.1) is 5.92 Å². The molecule has 0 spiro atoms. The molecule has 0 aromatic carbocycles. The molecule has 1 nitrogen and oxygen atoms in total. The van der Waals surface area contributed by atoms with Crippen molar-refractivity contribution in [2.45, 2.75) is 32.7 Å². The molecule has 1 atom stereocenters. The van der Waals surface area contributed by atoms with Gasteiger partial charge in [-0.05, 0) is 36.5 Å². The summed E-state index contributed by atoms with van der Waals surface area (Å²) in [7, 11) is 0. The number of hydrogen-bond acceptors (Lipinski definition) is 1. The summed E-state index contributed by atoms with van der Waals surface area (Å²) in [6, 6.07) is 0. The van der Waals surface area contributed by atoms with Crippen LogP contribution in [0.2, 0.25) is 0 Å². The topological polar surface area (TPSA) is 12.4 Å². The van der Waals surface area contributed by atoms with Crippen LogP contribution in [0.15, 0.2) is 40.4 Å². The average molecular weight is 187 g/mol. The van der Waals surface area contributed by atoms with E-state index in [4.69, 9.17) is 0 Å². The molecule has 14 heavy (non-hydrogen) atoms. The number of hydrogen-bond donors (Lipinski definition) is 0. The van der Waals surface area contributed by atoms with Crippen LogP contribution in [0.5, 0.6) is 0 Å². The maximum Gasteiger partial charge on any atom is 0.0863 e. The van der Waals surface area contributed by atoms with Gasteiger partial charge >= 0.3 is 0 Å². The smallest absolute Gasteiger partial charge is 0.0863 e. The van der Waals surface area contributed by atoms with Gasteiger partial charge < -0.3 is 0 Å². The van der Waals surface area contributed by atoms with E-state index < -0.39 is 0 Å². The Kier molecular flexibility index (Phi) is 2.18. The predicted octanol–water partition coefficient (Wildman–Crippen LogP) is 3.30. The van der Waals surface area contributed by atoms with Crippen LogP contribution >= 0.6 is 0 Å². The molecule has 0 radical (unpaired) electrons. The number of nitrogens with zero attached hydrogens (tertiary/aromatic N) is 1. The third kappa shape index (κ3) is 1.47. The maximum absolute atomic E-state index is 4.55. The van der Waals surface area contributed by atoms with Crippen molar-refractivity contribution in [1.82, 2.24) is 0 Å². The number of allylic oxidation sites excluding steroid dienone is 3. The van der Waals surface area contributed by atoms with Crippen molar-refractivity contribution in [2.75, 3.05) is 0 Å². The van der Waals surface area contributed by atoms with E-state index in [0.717, 1.165) is 6.42 Å². The van der Waals surface area contributed by atoms with Crippen LogP contribution in [0.25, 0.3) is 0 Å². The molecule has 2 aliphatic rings. The zero-order valence-electron chi connectivity index (χ0n) is 9.12. The highest BCUT2D eigenvalue weighted by molar-refractivity contribution is 5.76. The van der Waals surface area contributed by atoms with E-state index in [-0.39, 0.29) is 5.54 Å². The number of fused-ring (bicyclic) bond motifs is 1. The largest absolute Gasteiger partial charge is 0.282 e. The van der Waals surface area contributed by atoms with Crippen LogP contribution in [0.4, 0.5) is 0 Å². The van der Waals surface area contributed by atoms with Gasteiger partial charge in [-0.15, -0.1) is 0 Å². The molecule has 0 amide bonds. The van der Waals surface area contributed by atoms with Crippen molar-refractivity contribution in [3.63, 3.8) is 0 Å². The fourth-order valence-electron chi connectivity index (χ4n) is 1.94. The van der Waals surface area contributed by atoms with E-state index in [0.29, 0.717) is 5.92 Å². The van der Waals surface area contributed by atoms with Gasteiger partial charge in [0.2, 0.25) is 0 Å². The molecule has 2 rings (SSSR count). The number of dihydropyridines is 1. The standard InChI is InChI=1S/C13H17N/c1-10(2)11-6-7-13(3)12(9-11)5-4-8-14-13/h4-6,8-10H,7H2,1-3H3.